The molecule has 11 heteroatoms. The molecular formula is C21H23N5O5S. The topological polar surface area (TPSA) is 147 Å². The fourth-order valence-electron chi connectivity index (χ4n) is 3.22. The third-order valence-corrected chi connectivity index (χ3v) is 5.82. The summed E-state index contributed by atoms with van der Waals surface area (Å²) >= 11 is 0.925. The summed E-state index contributed by atoms with van der Waals surface area (Å²) in [6.07, 6.45) is 0. The third-order valence-electron chi connectivity index (χ3n) is 4.60. The highest BCUT2D eigenvalue weighted by Crippen LogP contribution is 2.33. The van der Waals surface area contributed by atoms with E-state index in [4.69, 9.17) is 10.5 Å². The molecule has 0 aliphatic carbocycles. The minimum absolute atomic E-state index is 0.0539. The van der Waals surface area contributed by atoms with Crippen LogP contribution in [0.4, 0.5) is 5.00 Å². The van der Waals surface area contributed by atoms with Crippen molar-refractivity contribution in [1.82, 2.24) is 14.9 Å². The SMILES string of the molecule is CCOC(=O)c1c(NC(=O)CN(C)Cc2nc3ccccc3c(=O)[nH]2)sc(C(N)=O)c1C. The number of para-hydroxylation sites is 1. The number of fused-ring (bicyclic) bond motifs is 1. The fraction of sp³-hybridized carbons (Fsp3) is 0.286. The number of nitrogens with two attached hydrogens (primary N) is 1. The van der Waals surface area contributed by atoms with E-state index in [1.165, 1.54) is 0 Å². The smallest absolute Gasteiger partial charge is 0.341 e. The minimum atomic E-state index is -0.693. The van der Waals surface area contributed by atoms with Gasteiger partial charge >= 0.3 is 5.97 Å². The van der Waals surface area contributed by atoms with E-state index >= 15 is 0 Å². The lowest BCUT2D eigenvalue weighted by Crippen LogP contribution is -2.31. The number of esters is 1. The highest BCUT2D eigenvalue weighted by atomic mass is 32.1. The van der Waals surface area contributed by atoms with E-state index in [0.29, 0.717) is 22.3 Å². The van der Waals surface area contributed by atoms with E-state index in [1.54, 1.807) is 50.1 Å². The molecule has 2 heterocycles. The van der Waals surface area contributed by atoms with Crippen LogP contribution in [0, 0.1) is 6.92 Å². The Labute approximate surface area is 187 Å². The van der Waals surface area contributed by atoms with Gasteiger partial charge in [0.15, 0.2) is 0 Å². The molecule has 0 saturated heterocycles. The zero-order valence-corrected chi connectivity index (χ0v) is 18.7. The molecule has 0 atom stereocenters. The Balaban J connectivity index is 1.74. The number of carbonyl (C=O) groups is 3. The van der Waals surface area contributed by atoms with Gasteiger partial charge in [0.05, 0.1) is 41.0 Å². The Morgan fingerprint density at radius 1 is 1.28 bits per heavy atom. The quantitative estimate of drug-likeness (QED) is 0.436. The Morgan fingerprint density at radius 2 is 2.00 bits per heavy atom. The molecule has 0 radical (unpaired) electrons. The van der Waals surface area contributed by atoms with Crippen LogP contribution in [0.3, 0.4) is 0 Å². The summed E-state index contributed by atoms with van der Waals surface area (Å²) < 4.78 is 5.04. The molecule has 0 saturated carbocycles. The number of amides is 2. The number of aromatic nitrogens is 2. The molecule has 0 aliphatic rings. The third kappa shape index (κ3) is 5.01. The monoisotopic (exact) mass is 457 g/mol. The van der Waals surface area contributed by atoms with Gasteiger partial charge < -0.3 is 20.8 Å². The van der Waals surface area contributed by atoms with E-state index in [9.17, 15) is 19.2 Å². The molecule has 32 heavy (non-hydrogen) atoms. The van der Waals surface area contributed by atoms with Gasteiger partial charge in [-0.25, -0.2) is 9.78 Å². The van der Waals surface area contributed by atoms with E-state index in [-0.39, 0.29) is 40.7 Å². The number of H-pyrrole nitrogens is 1. The molecule has 0 bridgehead atoms. The van der Waals surface area contributed by atoms with Crippen molar-refractivity contribution in [3.8, 4) is 0 Å². The lowest BCUT2D eigenvalue weighted by atomic mass is 10.1. The number of primary amides is 1. The second-order valence-corrected chi connectivity index (χ2v) is 8.12. The second kappa shape index (κ2) is 9.71. The van der Waals surface area contributed by atoms with E-state index in [1.807, 2.05) is 0 Å². The fourth-order valence-corrected chi connectivity index (χ4v) is 4.28. The van der Waals surface area contributed by atoms with Gasteiger partial charge in [-0.15, -0.1) is 11.3 Å². The average molecular weight is 458 g/mol. The van der Waals surface area contributed by atoms with Crippen LogP contribution in [0.2, 0.25) is 0 Å². The number of nitrogens with zero attached hydrogens (tertiary/aromatic N) is 2. The first-order valence-corrected chi connectivity index (χ1v) is 10.6. The number of nitrogens with one attached hydrogen (secondary N) is 2. The number of benzene rings is 1. The van der Waals surface area contributed by atoms with E-state index in [0.717, 1.165) is 11.3 Å². The van der Waals surface area contributed by atoms with Crippen LogP contribution in [0.5, 0.6) is 0 Å². The minimum Gasteiger partial charge on any atom is -0.462 e. The number of thiophene rings is 1. The lowest BCUT2D eigenvalue weighted by molar-refractivity contribution is -0.117. The molecule has 0 spiro atoms. The Hall–Kier alpha value is -3.57. The number of rotatable bonds is 8. The lowest BCUT2D eigenvalue weighted by Gasteiger charge is -2.16. The van der Waals surface area contributed by atoms with Crippen molar-refractivity contribution < 1.29 is 19.1 Å². The van der Waals surface area contributed by atoms with Crippen molar-refractivity contribution in [2.45, 2.75) is 20.4 Å². The molecule has 1 aromatic carbocycles. The summed E-state index contributed by atoms with van der Waals surface area (Å²) in [4.78, 5) is 57.8. The molecule has 0 unspecified atom stereocenters. The first kappa shape index (κ1) is 23.1. The van der Waals surface area contributed by atoms with Crippen molar-refractivity contribution in [3.63, 3.8) is 0 Å². The second-order valence-electron chi connectivity index (χ2n) is 7.10. The van der Waals surface area contributed by atoms with E-state index < -0.39 is 17.8 Å². The standard InChI is InChI=1S/C21H23N5O5S/c1-4-31-21(30)16-11(2)17(18(22)28)32-20(16)25-15(27)10-26(3)9-14-23-13-8-6-5-7-12(13)19(29)24-14/h5-8H,4,9-10H2,1-3H3,(H2,22,28)(H,25,27)(H,23,24,29). The Morgan fingerprint density at radius 3 is 2.69 bits per heavy atom. The number of aromatic amines is 1. The predicted molar refractivity (Wildman–Crippen MR) is 121 cm³/mol. The Bertz CT molecular complexity index is 1250. The number of carbonyl (C=O) groups excluding carboxylic acids is 3. The van der Waals surface area contributed by atoms with Gasteiger partial charge in [-0.05, 0) is 38.6 Å². The van der Waals surface area contributed by atoms with Crippen molar-refractivity contribution >= 4 is 45.0 Å². The zero-order chi connectivity index (χ0) is 23.4. The maximum absolute atomic E-state index is 12.6. The van der Waals surface area contributed by atoms with Gasteiger partial charge in [-0.2, -0.15) is 0 Å². The Kier molecular flexibility index (Phi) is 7.01. The number of anilines is 1. The number of likely N-dealkylation sites (N-methyl/N-ethyl adjacent to an activating group) is 1. The molecule has 0 fully saturated rings. The van der Waals surface area contributed by atoms with Gasteiger partial charge in [-0.1, -0.05) is 12.1 Å². The predicted octanol–water partition coefficient (Wildman–Crippen LogP) is 1.64. The molecule has 3 aromatic rings. The molecule has 2 aromatic heterocycles. The number of ether oxygens (including phenoxy) is 1. The summed E-state index contributed by atoms with van der Waals surface area (Å²) in [6.45, 7) is 3.54. The highest BCUT2D eigenvalue weighted by Gasteiger charge is 2.26. The average Bonchev–Trinajstić information content (AvgIpc) is 3.04. The highest BCUT2D eigenvalue weighted by molar-refractivity contribution is 7.18. The molecule has 0 aliphatic heterocycles. The van der Waals surface area contributed by atoms with Crippen molar-refractivity contribution in [3.05, 3.63) is 56.4 Å². The number of hydrogen-bond donors (Lipinski definition) is 3. The maximum Gasteiger partial charge on any atom is 0.341 e. The number of hydrogen-bond acceptors (Lipinski definition) is 8. The molecule has 10 nitrogen and oxygen atoms in total. The van der Waals surface area contributed by atoms with Gasteiger partial charge in [0.25, 0.3) is 11.5 Å². The zero-order valence-electron chi connectivity index (χ0n) is 17.9. The summed E-state index contributed by atoms with van der Waals surface area (Å²) in [5.74, 6) is -1.34. The first-order valence-electron chi connectivity index (χ1n) is 9.77. The van der Waals surface area contributed by atoms with Crippen LogP contribution in [0.15, 0.2) is 29.1 Å². The largest absolute Gasteiger partial charge is 0.462 e. The maximum atomic E-state index is 12.6. The van der Waals surface area contributed by atoms with Gasteiger partial charge in [0, 0.05) is 0 Å². The molecule has 4 N–H and O–H groups in total. The van der Waals surface area contributed by atoms with Gasteiger partial charge in [0.2, 0.25) is 5.91 Å². The van der Waals surface area contributed by atoms with Crippen molar-refractivity contribution in [2.75, 3.05) is 25.5 Å². The van der Waals surface area contributed by atoms with Gasteiger partial charge in [-0.3, -0.25) is 19.3 Å². The van der Waals surface area contributed by atoms with Crippen LogP contribution < -0.4 is 16.6 Å². The first-order chi connectivity index (χ1) is 15.2. The van der Waals surface area contributed by atoms with Crippen LogP contribution >= 0.6 is 11.3 Å². The molecule has 3 rings (SSSR count). The van der Waals surface area contributed by atoms with Crippen molar-refractivity contribution in [1.29, 1.82) is 0 Å². The normalized spacial score (nSPS) is 11.0. The van der Waals surface area contributed by atoms with Crippen molar-refractivity contribution in [2.24, 2.45) is 5.73 Å². The summed E-state index contributed by atoms with van der Waals surface area (Å²) in [7, 11) is 1.69. The molecule has 168 valence electrons. The van der Waals surface area contributed by atoms with E-state index in [2.05, 4.69) is 15.3 Å². The van der Waals surface area contributed by atoms with Gasteiger partial charge in [0.1, 0.15) is 10.8 Å². The van der Waals surface area contributed by atoms with Crippen LogP contribution in [-0.4, -0.2) is 52.9 Å². The molecule has 2 amide bonds. The summed E-state index contributed by atoms with van der Waals surface area (Å²) in [5.41, 5.74) is 6.17. The van der Waals surface area contributed by atoms with Crippen LogP contribution in [0.1, 0.15) is 38.3 Å². The summed E-state index contributed by atoms with van der Waals surface area (Å²) in [5, 5.41) is 3.35. The summed E-state index contributed by atoms with van der Waals surface area (Å²) in [6, 6.07) is 6.98. The van der Waals surface area contributed by atoms with Crippen LogP contribution in [0.25, 0.3) is 10.9 Å². The van der Waals surface area contributed by atoms with Crippen LogP contribution in [-0.2, 0) is 16.1 Å². The molecular weight excluding hydrogens is 434 g/mol.